The van der Waals surface area contributed by atoms with Gasteiger partial charge in [0, 0.05) is 18.8 Å². The lowest BCUT2D eigenvalue weighted by Crippen LogP contribution is -1.99. The third kappa shape index (κ3) is 1.12. The van der Waals surface area contributed by atoms with Crippen LogP contribution in [0.4, 0.5) is 5.82 Å². The van der Waals surface area contributed by atoms with Gasteiger partial charge >= 0.3 is 0 Å². The van der Waals surface area contributed by atoms with Gasteiger partial charge in [0.25, 0.3) is 0 Å². The molecule has 0 unspecified atom stereocenters. The number of hydrogen-bond acceptors (Lipinski definition) is 2. The SMILES string of the molecule is CC(C)c1cc(N)nn1C. The lowest BCUT2D eigenvalue weighted by atomic mass is 10.1. The fourth-order valence-corrected chi connectivity index (χ4v) is 1.05. The summed E-state index contributed by atoms with van der Waals surface area (Å²) in [6.07, 6.45) is 0. The zero-order valence-electron chi connectivity index (χ0n) is 6.63. The number of rotatable bonds is 1. The van der Waals surface area contributed by atoms with Crippen molar-refractivity contribution in [3.63, 3.8) is 0 Å². The fourth-order valence-electron chi connectivity index (χ4n) is 1.05. The van der Waals surface area contributed by atoms with Crippen molar-refractivity contribution in [1.82, 2.24) is 9.78 Å². The van der Waals surface area contributed by atoms with Crippen LogP contribution >= 0.6 is 0 Å². The van der Waals surface area contributed by atoms with Gasteiger partial charge in [-0.05, 0) is 5.92 Å². The highest BCUT2D eigenvalue weighted by Gasteiger charge is 2.04. The van der Waals surface area contributed by atoms with Crippen molar-refractivity contribution in [3.05, 3.63) is 11.8 Å². The van der Waals surface area contributed by atoms with Crippen LogP contribution in [0, 0.1) is 0 Å². The van der Waals surface area contributed by atoms with Gasteiger partial charge in [0.2, 0.25) is 0 Å². The lowest BCUT2D eigenvalue weighted by molar-refractivity contribution is 0.671. The maximum absolute atomic E-state index is 5.49. The Morgan fingerprint density at radius 3 is 2.40 bits per heavy atom. The summed E-state index contributed by atoms with van der Waals surface area (Å²) < 4.78 is 1.82. The Labute approximate surface area is 60.8 Å². The minimum Gasteiger partial charge on any atom is -0.382 e. The Morgan fingerprint density at radius 2 is 2.20 bits per heavy atom. The second kappa shape index (κ2) is 2.33. The van der Waals surface area contributed by atoms with E-state index in [1.165, 1.54) is 5.69 Å². The van der Waals surface area contributed by atoms with E-state index >= 15 is 0 Å². The largest absolute Gasteiger partial charge is 0.382 e. The molecule has 0 amide bonds. The predicted molar refractivity (Wildman–Crippen MR) is 41.7 cm³/mol. The third-order valence-corrected chi connectivity index (χ3v) is 1.53. The zero-order valence-corrected chi connectivity index (χ0v) is 6.63. The number of nitrogen functional groups attached to an aromatic ring is 1. The second-order valence-electron chi connectivity index (χ2n) is 2.77. The van der Waals surface area contributed by atoms with E-state index in [0.29, 0.717) is 11.7 Å². The second-order valence-corrected chi connectivity index (χ2v) is 2.77. The van der Waals surface area contributed by atoms with E-state index in [1.54, 1.807) is 0 Å². The first-order valence-electron chi connectivity index (χ1n) is 3.40. The Morgan fingerprint density at radius 1 is 1.60 bits per heavy atom. The quantitative estimate of drug-likeness (QED) is 0.633. The Balaban J connectivity index is 3.03. The summed E-state index contributed by atoms with van der Waals surface area (Å²) >= 11 is 0. The van der Waals surface area contributed by atoms with Crippen LogP contribution in [0.5, 0.6) is 0 Å². The van der Waals surface area contributed by atoms with Gasteiger partial charge in [0.1, 0.15) is 5.82 Å². The van der Waals surface area contributed by atoms with E-state index < -0.39 is 0 Å². The summed E-state index contributed by atoms with van der Waals surface area (Å²) in [5.74, 6) is 1.10. The average molecular weight is 139 g/mol. The van der Waals surface area contributed by atoms with Crippen molar-refractivity contribution in [2.45, 2.75) is 19.8 Å². The first-order valence-corrected chi connectivity index (χ1v) is 3.40. The zero-order chi connectivity index (χ0) is 7.72. The van der Waals surface area contributed by atoms with Gasteiger partial charge in [-0.1, -0.05) is 13.8 Å². The van der Waals surface area contributed by atoms with Crippen LogP contribution in [0.1, 0.15) is 25.5 Å². The molecule has 0 atom stereocenters. The summed E-state index contributed by atoms with van der Waals surface area (Å²) in [7, 11) is 1.91. The van der Waals surface area contributed by atoms with Crippen LogP contribution in [-0.2, 0) is 7.05 Å². The van der Waals surface area contributed by atoms with Gasteiger partial charge in [0.15, 0.2) is 0 Å². The molecule has 0 bridgehead atoms. The third-order valence-electron chi connectivity index (χ3n) is 1.53. The smallest absolute Gasteiger partial charge is 0.145 e. The van der Waals surface area contributed by atoms with Crippen LogP contribution in [0.25, 0.3) is 0 Å². The molecular weight excluding hydrogens is 126 g/mol. The molecule has 0 radical (unpaired) electrons. The van der Waals surface area contributed by atoms with E-state index in [-0.39, 0.29) is 0 Å². The Hall–Kier alpha value is -0.990. The van der Waals surface area contributed by atoms with E-state index in [0.717, 1.165) is 0 Å². The van der Waals surface area contributed by atoms with Crippen molar-refractivity contribution in [1.29, 1.82) is 0 Å². The Kier molecular flexibility index (Phi) is 1.66. The molecule has 1 rings (SSSR count). The van der Waals surface area contributed by atoms with Crippen molar-refractivity contribution in [2.24, 2.45) is 7.05 Å². The molecule has 0 aliphatic rings. The van der Waals surface area contributed by atoms with Crippen LogP contribution in [-0.4, -0.2) is 9.78 Å². The summed E-state index contributed by atoms with van der Waals surface area (Å²) in [5, 5.41) is 4.03. The minimum absolute atomic E-state index is 0.495. The molecule has 3 heteroatoms. The summed E-state index contributed by atoms with van der Waals surface area (Å²) in [4.78, 5) is 0. The van der Waals surface area contributed by atoms with Crippen molar-refractivity contribution in [2.75, 3.05) is 5.73 Å². The number of aryl methyl sites for hydroxylation is 1. The van der Waals surface area contributed by atoms with Crippen LogP contribution in [0.2, 0.25) is 0 Å². The molecule has 3 nitrogen and oxygen atoms in total. The molecule has 0 aliphatic heterocycles. The van der Waals surface area contributed by atoms with Crippen LogP contribution in [0.15, 0.2) is 6.07 Å². The van der Waals surface area contributed by atoms with Crippen LogP contribution in [0.3, 0.4) is 0 Å². The van der Waals surface area contributed by atoms with Gasteiger partial charge < -0.3 is 5.73 Å². The fraction of sp³-hybridized carbons (Fsp3) is 0.571. The monoisotopic (exact) mass is 139 g/mol. The summed E-state index contributed by atoms with van der Waals surface area (Å²) in [5.41, 5.74) is 6.66. The highest BCUT2D eigenvalue weighted by molar-refractivity contribution is 5.30. The molecule has 0 saturated carbocycles. The van der Waals surface area contributed by atoms with Gasteiger partial charge in [-0.3, -0.25) is 4.68 Å². The predicted octanol–water partition coefficient (Wildman–Crippen LogP) is 1.13. The maximum Gasteiger partial charge on any atom is 0.145 e. The number of hydrogen-bond donors (Lipinski definition) is 1. The first-order chi connectivity index (χ1) is 4.61. The van der Waals surface area contributed by atoms with Crippen molar-refractivity contribution < 1.29 is 0 Å². The van der Waals surface area contributed by atoms with Crippen LogP contribution < -0.4 is 5.73 Å². The average Bonchev–Trinajstić information content (AvgIpc) is 2.10. The minimum atomic E-state index is 0.495. The summed E-state index contributed by atoms with van der Waals surface area (Å²) in [6, 6.07) is 1.91. The molecule has 0 aromatic carbocycles. The molecule has 0 saturated heterocycles. The van der Waals surface area contributed by atoms with Gasteiger partial charge in [0.05, 0.1) is 0 Å². The number of aromatic nitrogens is 2. The maximum atomic E-state index is 5.49. The molecule has 0 fully saturated rings. The topological polar surface area (TPSA) is 43.8 Å². The molecule has 0 spiro atoms. The number of anilines is 1. The van der Waals surface area contributed by atoms with Crippen molar-refractivity contribution in [3.8, 4) is 0 Å². The molecule has 2 N–H and O–H groups in total. The molecule has 1 aromatic heterocycles. The molecule has 10 heavy (non-hydrogen) atoms. The highest BCUT2D eigenvalue weighted by atomic mass is 15.3. The van der Waals surface area contributed by atoms with E-state index in [2.05, 4.69) is 18.9 Å². The number of nitrogens with two attached hydrogens (primary N) is 1. The first kappa shape index (κ1) is 7.12. The Bertz CT molecular complexity index is 225. The highest BCUT2D eigenvalue weighted by Crippen LogP contribution is 2.14. The normalized spacial score (nSPS) is 10.8. The van der Waals surface area contributed by atoms with E-state index in [9.17, 15) is 0 Å². The molecule has 0 aliphatic carbocycles. The molecular formula is C7H13N3. The lowest BCUT2D eigenvalue weighted by Gasteiger charge is -2.02. The number of nitrogens with zero attached hydrogens (tertiary/aromatic N) is 2. The van der Waals surface area contributed by atoms with Gasteiger partial charge in [-0.15, -0.1) is 0 Å². The van der Waals surface area contributed by atoms with Crippen molar-refractivity contribution >= 4 is 5.82 Å². The van der Waals surface area contributed by atoms with Gasteiger partial charge in [-0.2, -0.15) is 5.10 Å². The molecule has 56 valence electrons. The van der Waals surface area contributed by atoms with E-state index in [4.69, 9.17) is 5.73 Å². The standard InChI is InChI=1S/C7H13N3/c1-5(2)6-4-7(8)9-10(6)3/h4-5H,1-3H3,(H2,8,9). The molecule has 1 heterocycles. The molecule has 1 aromatic rings. The summed E-state index contributed by atoms with van der Waals surface area (Å²) in [6.45, 7) is 4.24. The van der Waals surface area contributed by atoms with Gasteiger partial charge in [-0.25, -0.2) is 0 Å². The van der Waals surface area contributed by atoms with E-state index in [1.807, 2.05) is 17.8 Å².